The Morgan fingerprint density at radius 2 is 2.00 bits per heavy atom. The van der Waals surface area contributed by atoms with Crippen LogP contribution in [0.2, 0.25) is 0 Å². The first-order valence-electron chi connectivity index (χ1n) is 11.0. The Morgan fingerprint density at radius 1 is 1.26 bits per heavy atom. The van der Waals surface area contributed by atoms with E-state index >= 15 is 0 Å². The predicted molar refractivity (Wildman–Crippen MR) is 125 cm³/mol. The smallest absolute Gasteiger partial charge is 0.273 e. The summed E-state index contributed by atoms with van der Waals surface area (Å²) in [5.74, 6) is 0.209. The number of amides is 2. The highest BCUT2D eigenvalue weighted by atomic mass is 16.5. The van der Waals surface area contributed by atoms with Gasteiger partial charge in [0.1, 0.15) is 24.2 Å². The lowest BCUT2D eigenvalue weighted by molar-refractivity contribution is -0.155. The molecular weight excluding hydrogens is 436 g/mol. The molecular formula is C25H28N4O5. The normalized spacial score (nSPS) is 16.9. The number of aryl methyl sites for hydroxylation is 2. The summed E-state index contributed by atoms with van der Waals surface area (Å²) in [7, 11) is 3.30. The summed E-state index contributed by atoms with van der Waals surface area (Å²) in [6.45, 7) is 2.30. The topological polar surface area (TPSA) is 106 Å². The monoisotopic (exact) mass is 464 g/mol. The minimum Gasteiger partial charge on any atom is -0.496 e. The largest absolute Gasteiger partial charge is 0.496 e. The predicted octanol–water partition coefficient (Wildman–Crippen LogP) is 2.45. The second-order valence-corrected chi connectivity index (χ2v) is 8.23. The van der Waals surface area contributed by atoms with Crippen molar-refractivity contribution in [1.82, 2.24) is 14.7 Å². The van der Waals surface area contributed by atoms with Gasteiger partial charge in [-0.1, -0.05) is 30.3 Å². The van der Waals surface area contributed by atoms with Crippen molar-refractivity contribution in [1.29, 1.82) is 0 Å². The van der Waals surface area contributed by atoms with Crippen molar-refractivity contribution in [3.05, 3.63) is 77.1 Å². The molecule has 0 radical (unpaired) electrons. The molecule has 1 aliphatic heterocycles. The molecule has 9 heteroatoms. The molecule has 1 fully saturated rings. The highest BCUT2D eigenvalue weighted by Crippen LogP contribution is 2.28. The molecule has 2 heterocycles. The van der Waals surface area contributed by atoms with E-state index in [-0.39, 0.29) is 25.0 Å². The summed E-state index contributed by atoms with van der Waals surface area (Å²) in [4.78, 5) is 26.8. The summed E-state index contributed by atoms with van der Waals surface area (Å²) in [5, 5.41) is 18.1. The van der Waals surface area contributed by atoms with Crippen molar-refractivity contribution in [2.45, 2.75) is 25.6 Å². The summed E-state index contributed by atoms with van der Waals surface area (Å²) in [6, 6.07) is 15.5. The summed E-state index contributed by atoms with van der Waals surface area (Å²) >= 11 is 0. The number of aromatic nitrogens is 2. The number of hydrogen-bond acceptors (Lipinski definition) is 6. The molecule has 2 amide bonds. The Hall–Kier alpha value is -3.69. The van der Waals surface area contributed by atoms with E-state index in [1.807, 2.05) is 31.2 Å². The first-order chi connectivity index (χ1) is 16.4. The Kier molecular flexibility index (Phi) is 6.95. The molecule has 1 aliphatic rings. The molecule has 3 aromatic rings. The number of rotatable bonds is 7. The fraction of sp³-hybridized carbons (Fsp3) is 0.320. The van der Waals surface area contributed by atoms with E-state index in [4.69, 9.17) is 9.47 Å². The standard InChI is InChI=1S/C25H28N4O5/c1-16-12-20(28(2)27-16)25(32)26-19-10-8-17(9-11-19)24(31)21-14-34-15-23(30)29(21)13-18-6-4-5-7-22(18)33-3/h4-12,21,24,31H,13-15H2,1-3H3,(H,26,32). The summed E-state index contributed by atoms with van der Waals surface area (Å²) in [5.41, 5.74) is 3.25. The van der Waals surface area contributed by atoms with Gasteiger partial charge in [-0.25, -0.2) is 0 Å². The zero-order valence-electron chi connectivity index (χ0n) is 19.4. The van der Waals surface area contributed by atoms with Gasteiger partial charge >= 0.3 is 0 Å². The van der Waals surface area contributed by atoms with E-state index < -0.39 is 12.1 Å². The van der Waals surface area contributed by atoms with Gasteiger partial charge < -0.3 is 24.8 Å². The molecule has 2 unspecified atom stereocenters. The van der Waals surface area contributed by atoms with Gasteiger partial charge in [0.2, 0.25) is 5.91 Å². The summed E-state index contributed by atoms with van der Waals surface area (Å²) in [6.07, 6.45) is -0.969. The van der Waals surface area contributed by atoms with Gasteiger partial charge in [-0.05, 0) is 36.8 Å². The maximum Gasteiger partial charge on any atom is 0.273 e. The molecule has 4 rings (SSSR count). The Labute approximate surface area is 197 Å². The van der Waals surface area contributed by atoms with Gasteiger partial charge in [0, 0.05) is 24.8 Å². The van der Waals surface area contributed by atoms with Gasteiger partial charge in [-0.15, -0.1) is 0 Å². The maximum absolute atomic E-state index is 12.7. The van der Waals surface area contributed by atoms with Crippen LogP contribution in [-0.4, -0.2) is 58.0 Å². The maximum atomic E-state index is 12.7. The number of anilines is 1. The Bertz CT molecular complexity index is 1170. The zero-order chi connectivity index (χ0) is 24.2. The van der Waals surface area contributed by atoms with Crippen LogP contribution in [0.4, 0.5) is 5.69 Å². The van der Waals surface area contributed by atoms with Crippen molar-refractivity contribution in [2.75, 3.05) is 25.6 Å². The molecule has 2 N–H and O–H groups in total. The molecule has 2 aromatic carbocycles. The molecule has 0 aliphatic carbocycles. The van der Waals surface area contributed by atoms with Gasteiger partial charge in [0.05, 0.1) is 25.5 Å². The number of para-hydroxylation sites is 1. The fourth-order valence-corrected chi connectivity index (χ4v) is 4.11. The van der Waals surface area contributed by atoms with E-state index in [2.05, 4.69) is 10.4 Å². The van der Waals surface area contributed by atoms with Crippen LogP contribution in [0, 0.1) is 6.92 Å². The molecule has 1 saturated heterocycles. The molecule has 1 aromatic heterocycles. The third-order valence-corrected chi connectivity index (χ3v) is 5.88. The minimum atomic E-state index is -0.969. The number of hydrogen-bond donors (Lipinski definition) is 2. The van der Waals surface area contributed by atoms with Gasteiger partial charge in [0.25, 0.3) is 5.91 Å². The molecule has 178 valence electrons. The Balaban J connectivity index is 1.49. The lowest BCUT2D eigenvalue weighted by atomic mass is 9.99. The van der Waals surface area contributed by atoms with Crippen LogP contribution < -0.4 is 10.1 Å². The number of morpholine rings is 1. The van der Waals surface area contributed by atoms with Gasteiger partial charge in [-0.3, -0.25) is 14.3 Å². The number of methoxy groups -OCH3 is 1. The molecule has 0 bridgehead atoms. The number of nitrogens with one attached hydrogen (secondary N) is 1. The minimum absolute atomic E-state index is 0.0309. The first kappa shape index (κ1) is 23.5. The van der Waals surface area contributed by atoms with Crippen LogP contribution in [0.15, 0.2) is 54.6 Å². The number of ether oxygens (including phenoxy) is 2. The quantitative estimate of drug-likeness (QED) is 0.557. The fourth-order valence-electron chi connectivity index (χ4n) is 4.11. The SMILES string of the molecule is COc1ccccc1CN1C(=O)COCC1C(O)c1ccc(NC(=O)c2cc(C)nn2C)cc1. The lowest BCUT2D eigenvalue weighted by Crippen LogP contribution is -2.51. The van der Waals surface area contributed by atoms with Crippen LogP contribution in [-0.2, 0) is 23.1 Å². The lowest BCUT2D eigenvalue weighted by Gasteiger charge is -2.38. The number of carbonyl (C=O) groups excluding carboxylic acids is 2. The molecule has 34 heavy (non-hydrogen) atoms. The van der Waals surface area contributed by atoms with E-state index in [1.165, 1.54) is 4.68 Å². The first-order valence-corrected chi connectivity index (χ1v) is 11.0. The summed E-state index contributed by atoms with van der Waals surface area (Å²) < 4.78 is 12.4. The molecule has 0 spiro atoms. The van der Waals surface area contributed by atoms with Crippen molar-refractivity contribution in [2.24, 2.45) is 7.05 Å². The van der Waals surface area contributed by atoms with Crippen LogP contribution in [0.3, 0.4) is 0 Å². The van der Waals surface area contributed by atoms with Crippen molar-refractivity contribution >= 4 is 17.5 Å². The zero-order valence-corrected chi connectivity index (χ0v) is 19.4. The van der Waals surface area contributed by atoms with Crippen molar-refractivity contribution in [3.8, 4) is 5.75 Å². The van der Waals surface area contributed by atoms with E-state index in [9.17, 15) is 14.7 Å². The van der Waals surface area contributed by atoms with E-state index in [0.29, 0.717) is 29.2 Å². The third-order valence-electron chi connectivity index (χ3n) is 5.88. The van der Waals surface area contributed by atoms with Crippen LogP contribution in [0.5, 0.6) is 5.75 Å². The average molecular weight is 465 g/mol. The molecule has 2 atom stereocenters. The number of aliphatic hydroxyl groups excluding tert-OH is 1. The highest BCUT2D eigenvalue weighted by molar-refractivity contribution is 6.03. The molecule has 0 saturated carbocycles. The second kappa shape index (κ2) is 10.1. The van der Waals surface area contributed by atoms with Crippen molar-refractivity contribution < 1.29 is 24.2 Å². The van der Waals surface area contributed by atoms with Crippen molar-refractivity contribution in [3.63, 3.8) is 0 Å². The number of nitrogens with zero attached hydrogens (tertiary/aromatic N) is 3. The van der Waals surface area contributed by atoms with Crippen LogP contribution in [0.25, 0.3) is 0 Å². The van der Waals surface area contributed by atoms with E-state index in [0.717, 1.165) is 11.3 Å². The Morgan fingerprint density at radius 3 is 2.68 bits per heavy atom. The number of carbonyl (C=O) groups is 2. The number of aliphatic hydroxyl groups is 1. The van der Waals surface area contributed by atoms with Crippen LogP contribution in [0.1, 0.15) is 33.4 Å². The molecule has 9 nitrogen and oxygen atoms in total. The average Bonchev–Trinajstić information content (AvgIpc) is 3.18. The third kappa shape index (κ3) is 4.95. The van der Waals surface area contributed by atoms with Gasteiger partial charge in [0.15, 0.2) is 0 Å². The van der Waals surface area contributed by atoms with Crippen LogP contribution >= 0.6 is 0 Å². The second-order valence-electron chi connectivity index (χ2n) is 8.23. The number of benzene rings is 2. The van der Waals surface area contributed by atoms with E-state index in [1.54, 1.807) is 49.4 Å². The van der Waals surface area contributed by atoms with Gasteiger partial charge in [-0.2, -0.15) is 5.10 Å². The highest BCUT2D eigenvalue weighted by Gasteiger charge is 2.35.